The normalized spacial score (nSPS) is 19.9. The molecule has 2 amide bonds. The van der Waals surface area contributed by atoms with Gasteiger partial charge in [-0.15, -0.1) is 0 Å². The van der Waals surface area contributed by atoms with Crippen molar-refractivity contribution in [2.24, 2.45) is 22.0 Å². The van der Waals surface area contributed by atoms with E-state index in [-0.39, 0.29) is 17.5 Å². The van der Waals surface area contributed by atoms with Crippen LogP contribution in [0.15, 0.2) is 95.1 Å². The molecule has 9 nitrogen and oxygen atoms in total. The number of rotatable bonds is 8. The van der Waals surface area contributed by atoms with E-state index in [0.717, 1.165) is 0 Å². The summed E-state index contributed by atoms with van der Waals surface area (Å²) in [6.07, 6.45) is 0.886. The molecule has 0 fully saturated rings. The summed E-state index contributed by atoms with van der Waals surface area (Å²) in [6, 6.07) is 24.4. The second-order valence-electron chi connectivity index (χ2n) is 9.16. The van der Waals surface area contributed by atoms with Crippen molar-refractivity contribution in [3.8, 4) is 0 Å². The highest BCUT2D eigenvalue weighted by atomic mass is 16.6. The van der Waals surface area contributed by atoms with Gasteiger partial charge in [-0.3, -0.25) is 19.7 Å². The minimum Gasteiger partial charge on any atom is -0.272 e. The second kappa shape index (κ2) is 10.4. The molecule has 192 valence electrons. The van der Waals surface area contributed by atoms with Crippen molar-refractivity contribution in [1.82, 2.24) is 0 Å². The van der Waals surface area contributed by atoms with E-state index in [1.165, 1.54) is 16.1 Å². The lowest BCUT2D eigenvalue weighted by molar-refractivity contribution is -0.385. The van der Waals surface area contributed by atoms with E-state index < -0.39 is 22.7 Å². The van der Waals surface area contributed by atoms with Gasteiger partial charge in [0.25, 0.3) is 17.5 Å². The molecule has 5 rings (SSSR count). The molecule has 0 radical (unpaired) electrons. The maximum atomic E-state index is 14.1. The Morgan fingerprint density at radius 1 is 0.737 bits per heavy atom. The van der Waals surface area contributed by atoms with Gasteiger partial charge in [-0.1, -0.05) is 68.4 Å². The zero-order chi connectivity index (χ0) is 26.8. The van der Waals surface area contributed by atoms with Crippen molar-refractivity contribution in [3.05, 3.63) is 101 Å². The van der Waals surface area contributed by atoms with Crippen LogP contribution in [0.3, 0.4) is 0 Å². The van der Waals surface area contributed by atoms with Gasteiger partial charge in [-0.2, -0.15) is 10.2 Å². The largest absolute Gasteiger partial charge is 0.272 e. The molecule has 2 heterocycles. The Morgan fingerprint density at radius 3 is 1.58 bits per heavy atom. The van der Waals surface area contributed by atoms with Crippen LogP contribution < -0.4 is 10.0 Å². The number of carbonyl (C=O) groups excluding carboxylic acids is 2. The lowest BCUT2D eigenvalue weighted by atomic mass is 9.71. The predicted molar refractivity (Wildman–Crippen MR) is 146 cm³/mol. The maximum Gasteiger partial charge on any atom is 0.272 e. The average molecular weight is 510 g/mol. The Labute approximate surface area is 220 Å². The first kappa shape index (κ1) is 25.0. The summed E-state index contributed by atoms with van der Waals surface area (Å²) in [5.74, 6) is -3.25. The van der Waals surface area contributed by atoms with Crippen molar-refractivity contribution < 1.29 is 14.5 Å². The van der Waals surface area contributed by atoms with Crippen LogP contribution in [-0.4, -0.2) is 28.2 Å². The molecule has 38 heavy (non-hydrogen) atoms. The van der Waals surface area contributed by atoms with Gasteiger partial charge in [-0.25, -0.2) is 10.0 Å². The highest BCUT2D eigenvalue weighted by molar-refractivity contribution is 6.20. The zero-order valence-electron chi connectivity index (χ0n) is 21.1. The summed E-state index contributed by atoms with van der Waals surface area (Å²) < 4.78 is 0. The molecule has 0 N–H and O–H groups in total. The molecule has 2 unspecified atom stereocenters. The number of hydrazone groups is 2. The Morgan fingerprint density at radius 2 is 1.16 bits per heavy atom. The molecule has 0 aromatic heterocycles. The molecule has 2 aliphatic heterocycles. The zero-order valence-corrected chi connectivity index (χ0v) is 21.1. The molecular weight excluding hydrogens is 482 g/mol. The first-order chi connectivity index (χ1) is 18.5. The summed E-state index contributed by atoms with van der Waals surface area (Å²) in [6.45, 7) is 3.79. The molecule has 0 saturated heterocycles. The maximum absolute atomic E-state index is 14.1. The predicted octanol–water partition coefficient (Wildman–Crippen LogP) is 5.54. The standard InChI is InChI=1S/C29H27N5O4/c1-3-22-26(28(35)32(30-22)19-13-7-5-8-14-19)25(21-17-11-12-18-24(21)34(37)38)27-23(4-2)31-33(29(27)36)20-15-9-6-10-16-20/h5-18,25-27H,3-4H2,1-2H3. The molecular formula is C29H27N5O4. The molecule has 2 aliphatic rings. The van der Waals surface area contributed by atoms with Gasteiger partial charge in [0.15, 0.2) is 0 Å². The van der Waals surface area contributed by atoms with Gasteiger partial charge in [0.05, 0.1) is 39.6 Å². The van der Waals surface area contributed by atoms with Crippen molar-refractivity contribution >= 4 is 40.3 Å². The Hall–Kier alpha value is -4.66. The number of para-hydroxylation sites is 3. The Kier molecular flexibility index (Phi) is 6.83. The first-order valence-corrected chi connectivity index (χ1v) is 12.6. The van der Waals surface area contributed by atoms with E-state index in [0.29, 0.717) is 41.2 Å². The molecule has 0 aliphatic carbocycles. The third-order valence-electron chi connectivity index (χ3n) is 7.06. The van der Waals surface area contributed by atoms with Crippen molar-refractivity contribution in [2.75, 3.05) is 10.0 Å². The van der Waals surface area contributed by atoms with Crippen LogP contribution in [0.25, 0.3) is 0 Å². The highest BCUT2D eigenvalue weighted by Gasteiger charge is 2.52. The fourth-order valence-corrected chi connectivity index (χ4v) is 5.33. The molecule has 0 bridgehead atoms. The number of nitro groups is 1. The van der Waals surface area contributed by atoms with Crippen LogP contribution in [0.1, 0.15) is 38.2 Å². The minimum absolute atomic E-state index is 0.139. The summed E-state index contributed by atoms with van der Waals surface area (Å²) in [7, 11) is 0. The smallest absolute Gasteiger partial charge is 0.272 e. The minimum atomic E-state index is -0.872. The third kappa shape index (κ3) is 4.26. The first-order valence-electron chi connectivity index (χ1n) is 12.6. The van der Waals surface area contributed by atoms with Gasteiger partial charge < -0.3 is 0 Å². The molecule has 0 spiro atoms. The summed E-state index contributed by atoms with van der Waals surface area (Å²) in [4.78, 5) is 39.8. The third-order valence-corrected chi connectivity index (χ3v) is 7.06. The van der Waals surface area contributed by atoms with Crippen LogP contribution in [0.5, 0.6) is 0 Å². The Balaban J connectivity index is 1.67. The number of hydrogen-bond acceptors (Lipinski definition) is 6. The average Bonchev–Trinajstić information content (AvgIpc) is 3.46. The summed E-state index contributed by atoms with van der Waals surface area (Å²) in [5, 5.41) is 24.1. The van der Waals surface area contributed by atoms with Crippen molar-refractivity contribution in [2.45, 2.75) is 32.6 Å². The number of carbonyl (C=O) groups is 2. The molecule has 3 aromatic carbocycles. The van der Waals surface area contributed by atoms with E-state index in [4.69, 9.17) is 0 Å². The SMILES string of the molecule is CCC1=NN(c2ccccc2)C(=O)C1C(c1ccccc1[N+](=O)[O-])C1C(=O)N(c2ccccc2)N=C1CC. The molecule has 3 aromatic rings. The van der Waals surface area contributed by atoms with Crippen LogP contribution in [0.4, 0.5) is 17.1 Å². The molecule has 2 atom stereocenters. The van der Waals surface area contributed by atoms with Crippen LogP contribution in [-0.2, 0) is 9.59 Å². The van der Waals surface area contributed by atoms with Gasteiger partial charge in [0.1, 0.15) is 0 Å². The van der Waals surface area contributed by atoms with Crippen LogP contribution >= 0.6 is 0 Å². The van der Waals surface area contributed by atoms with E-state index in [1.807, 2.05) is 50.2 Å². The van der Waals surface area contributed by atoms with E-state index in [1.54, 1.807) is 42.5 Å². The lowest BCUT2D eigenvalue weighted by Crippen LogP contribution is -2.41. The summed E-state index contributed by atoms with van der Waals surface area (Å²) in [5.41, 5.74) is 2.52. The number of nitrogens with zero attached hydrogens (tertiary/aromatic N) is 5. The van der Waals surface area contributed by atoms with E-state index in [2.05, 4.69) is 10.2 Å². The quantitative estimate of drug-likeness (QED) is 0.293. The van der Waals surface area contributed by atoms with Crippen molar-refractivity contribution in [3.63, 3.8) is 0 Å². The molecule has 0 saturated carbocycles. The van der Waals surface area contributed by atoms with Crippen molar-refractivity contribution in [1.29, 1.82) is 0 Å². The van der Waals surface area contributed by atoms with Crippen LogP contribution in [0.2, 0.25) is 0 Å². The Bertz CT molecular complexity index is 1360. The number of benzene rings is 3. The van der Waals surface area contributed by atoms with Gasteiger partial charge in [0, 0.05) is 17.5 Å². The van der Waals surface area contributed by atoms with Gasteiger partial charge in [0.2, 0.25) is 0 Å². The fraction of sp³-hybridized carbons (Fsp3) is 0.241. The number of amides is 2. The van der Waals surface area contributed by atoms with E-state index in [9.17, 15) is 19.7 Å². The summed E-state index contributed by atoms with van der Waals surface area (Å²) >= 11 is 0. The van der Waals surface area contributed by atoms with E-state index >= 15 is 0 Å². The number of nitro benzene ring substituents is 1. The van der Waals surface area contributed by atoms with Gasteiger partial charge >= 0.3 is 0 Å². The molecule has 9 heteroatoms. The lowest BCUT2D eigenvalue weighted by Gasteiger charge is -2.29. The van der Waals surface area contributed by atoms with Gasteiger partial charge in [-0.05, 0) is 37.1 Å². The number of hydrogen-bond donors (Lipinski definition) is 0. The monoisotopic (exact) mass is 509 g/mol. The topological polar surface area (TPSA) is 108 Å². The second-order valence-corrected chi connectivity index (χ2v) is 9.16. The van der Waals surface area contributed by atoms with Crippen LogP contribution in [0, 0.1) is 22.0 Å². The fourth-order valence-electron chi connectivity index (χ4n) is 5.33. The highest BCUT2D eigenvalue weighted by Crippen LogP contribution is 2.46. The number of anilines is 2.